The molecule has 6 nitrogen and oxygen atoms in total. The lowest BCUT2D eigenvalue weighted by molar-refractivity contribution is 0.0954. The molecule has 0 aliphatic carbocycles. The van der Waals surface area contributed by atoms with Crippen LogP contribution in [0.3, 0.4) is 0 Å². The first kappa shape index (κ1) is 22.1. The number of amides is 1. The van der Waals surface area contributed by atoms with Gasteiger partial charge in [0.1, 0.15) is 5.82 Å². The zero-order chi connectivity index (χ0) is 22.4. The average molecular weight is 423 g/mol. The normalized spacial score (nSPS) is 11.0. The van der Waals surface area contributed by atoms with Gasteiger partial charge in [-0.2, -0.15) is 5.10 Å². The minimum Gasteiger partial charge on any atom is -0.493 e. The van der Waals surface area contributed by atoms with Gasteiger partial charge >= 0.3 is 0 Å². The van der Waals surface area contributed by atoms with E-state index < -0.39 is 0 Å². The molecule has 0 atom stereocenters. The number of carbonyl (C=O) groups excluding carboxylic acids is 1. The summed E-state index contributed by atoms with van der Waals surface area (Å²) in [5.41, 5.74) is 6.22. The van der Waals surface area contributed by atoms with Crippen molar-refractivity contribution in [1.82, 2.24) is 9.99 Å². The summed E-state index contributed by atoms with van der Waals surface area (Å²) in [6, 6.07) is 13.4. The molecule has 0 saturated heterocycles. The summed E-state index contributed by atoms with van der Waals surface area (Å²) in [5, 5.41) is 4.07. The monoisotopic (exact) mass is 423 g/mol. The summed E-state index contributed by atoms with van der Waals surface area (Å²) in [5.74, 6) is 0.637. The Bertz CT molecular complexity index is 1090. The third-order valence-electron chi connectivity index (χ3n) is 4.79. The number of methoxy groups -OCH3 is 1. The van der Waals surface area contributed by atoms with Gasteiger partial charge < -0.3 is 14.0 Å². The molecule has 1 heterocycles. The smallest absolute Gasteiger partial charge is 0.273 e. The zero-order valence-corrected chi connectivity index (χ0v) is 18.1. The maximum Gasteiger partial charge on any atom is 0.273 e. The van der Waals surface area contributed by atoms with Crippen molar-refractivity contribution in [1.29, 1.82) is 0 Å². The summed E-state index contributed by atoms with van der Waals surface area (Å²) in [4.78, 5) is 12.7. The highest BCUT2D eigenvalue weighted by Crippen LogP contribution is 2.27. The summed E-state index contributed by atoms with van der Waals surface area (Å²) in [6.07, 6.45) is 2.45. The fraction of sp³-hybridized carbons (Fsp3) is 0.250. The second-order valence-corrected chi connectivity index (χ2v) is 7.05. The molecular weight excluding hydrogens is 397 g/mol. The van der Waals surface area contributed by atoms with Crippen LogP contribution in [0.1, 0.15) is 40.7 Å². The third kappa shape index (κ3) is 5.12. The number of nitrogens with one attached hydrogen (secondary N) is 1. The van der Waals surface area contributed by atoms with Crippen molar-refractivity contribution >= 4 is 12.1 Å². The van der Waals surface area contributed by atoms with Crippen molar-refractivity contribution in [2.45, 2.75) is 27.2 Å². The maximum atomic E-state index is 13.2. The fourth-order valence-corrected chi connectivity index (χ4v) is 3.30. The first-order chi connectivity index (χ1) is 14.9. The number of aromatic nitrogens is 1. The summed E-state index contributed by atoms with van der Waals surface area (Å²) < 4.78 is 26.1. The topological polar surface area (TPSA) is 64.8 Å². The molecule has 162 valence electrons. The molecule has 0 unspecified atom stereocenters. The van der Waals surface area contributed by atoms with Gasteiger partial charge in [-0.1, -0.05) is 6.92 Å². The van der Waals surface area contributed by atoms with Crippen molar-refractivity contribution in [2.24, 2.45) is 5.10 Å². The van der Waals surface area contributed by atoms with E-state index in [4.69, 9.17) is 9.47 Å². The van der Waals surface area contributed by atoms with Crippen LogP contribution in [-0.2, 0) is 0 Å². The number of rotatable bonds is 8. The van der Waals surface area contributed by atoms with E-state index in [1.54, 1.807) is 37.6 Å². The molecule has 0 radical (unpaired) electrons. The van der Waals surface area contributed by atoms with Gasteiger partial charge in [-0.3, -0.25) is 4.79 Å². The molecule has 1 amide bonds. The Morgan fingerprint density at radius 3 is 2.55 bits per heavy atom. The average Bonchev–Trinajstić information content (AvgIpc) is 3.07. The Hall–Kier alpha value is -3.61. The first-order valence-corrected chi connectivity index (χ1v) is 10.0. The van der Waals surface area contributed by atoms with Crippen molar-refractivity contribution < 1.29 is 18.7 Å². The van der Waals surface area contributed by atoms with Crippen LogP contribution in [-0.4, -0.2) is 30.4 Å². The lowest BCUT2D eigenvalue weighted by Crippen LogP contribution is -2.18. The summed E-state index contributed by atoms with van der Waals surface area (Å²) in [6.45, 7) is 6.38. The van der Waals surface area contributed by atoms with Crippen LogP contribution in [0.15, 0.2) is 53.6 Å². The second kappa shape index (κ2) is 9.93. The van der Waals surface area contributed by atoms with Crippen molar-refractivity contribution in [3.8, 4) is 17.2 Å². The van der Waals surface area contributed by atoms with E-state index in [9.17, 15) is 9.18 Å². The molecule has 3 aromatic rings. The van der Waals surface area contributed by atoms with Crippen molar-refractivity contribution in [3.05, 3.63) is 76.9 Å². The van der Waals surface area contributed by atoms with Gasteiger partial charge in [0.2, 0.25) is 0 Å². The van der Waals surface area contributed by atoms with Gasteiger partial charge in [0.05, 0.1) is 25.5 Å². The Morgan fingerprint density at radius 2 is 1.87 bits per heavy atom. The minimum atomic E-state index is -0.326. The Morgan fingerprint density at radius 1 is 1.13 bits per heavy atom. The number of aryl methyl sites for hydroxylation is 1. The van der Waals surface area contributed by atoms with Gasteiger partial charge in [-0.05, 0) is 74.4 Å². The van der Waals surface area contributed by atoms with Gasteiger partial charge in [-0.25, -0.2) is 9.82 Å². The van der Waals surface area contributed by atoms with Crippen LogP contribution in [0, 0.1) is 19.7 Å². The highest BCUT2D eigenvalue weighted by atomic mass is 19.1. The van der Waals surface area contributed by atoms with Crippen LogP contribution in [0.25, 0.3) is 5.69 Å². The summed E-state index contributed by atoms with van der Waals surface area (Å²) >= 11 is 0. The predicted octanol–water partition coefficient (Wildman–Crippen LogP) is 4.79. The number of halogens is 1. The molecule has 0 fully saturated rings. The fourth-order valence-electron chi connectivity index (χ4n) is 3.30. The number of carbonyl (C=O) groups is 1. The van der Waals surface area contributed by atoms with Gasteiger partial charge in [0.25, 0.3) is 5.91 Å². The van der Waals surface area contributed by atoms with Gasteiger partial charge in [0, 0.05) is 17.1 Å². The quantitative estimate of drug-likeness (QED) is 0.418. The molecule has 0 bridgehead atoms. The number of ether oxygens (including phenoxy) is 2. The van der Waals surface area contributed by atoms with E-state index in [0.29, 0.717) is 23.7 Å². The van der Waals surface area contributed by atoms with E-state index in [1.165, 1.54) is 12.1 Å². The van der Waals surface area contributed by atoms with E-state index in [-0.39, 0.29) is 11.7 Å². The standard InChI is InChI=1S/C24H26FN3O3/c1-5-12-31-22-11-6-18(14-23(22)30-4)15-26-27-24(29)21-13-16(2)28(17(21)3)20-9-7-19(25)8-10-20/h6-11,13-15H,5,12H2,1-4H3,(H,27,29)/b26-15+. The molecule has 1 N–H and O–H groups in total. The largest absolute Gasteiger partial charge is 0.493 e. The third-order valence-corrected chi connectivity index (χ3v) is 4.79. The SMILES string of the molecule is CCCOc1ccc(/C=N/NC(=O)c2cc(C)n(-c3ccc(F)cc3)c2C)cc1OC. The molecule has 0 saturated carbocycles. The molecule has 0 spiro atoms. The number of nitrogens with zero attached hydrogens (tertiary/aromatic N) is 2. The first-order valence-electron chi connectivity index (χ1n) is 10.0. The number of hydrazone groups is 1. The number of benzene rings is 2. The van der Waals surface area contributed by atoms with Gasteiger partial charge in [-0.15, -0.1) is 0 Å². The number of hydrogen-bond donors (Lipinski definition) is 1. The lowest BCUT2D eigenvalue weighted by Gasteiger charge is -2.10. The van der Waals surface area contributed by atoms with E-state index >= 15 is 0 Å². The highest BCUT2D eigenvalue weighted by molar-refractivity contribution is 5.96. The number of hydrogen-bond acceptors (Lipinski definition) is 4. The molecule has 3 rings (SSSR count). The second-order valence-electron chi connectivity index (χ2n) is 7.05. The van der Waals surface area contributed by atoms with Crippen LogP contribution in [0.2, 0.25) is 0 Å². The Labute approximate surface area is 181 Å². The van der Waals surface area contributed by atoms with Crippen molar-refractivity contribution in [3.63, 3.8) is 0 Å². The molecule has 7 heteroatoms. The maximum absolute atomic E-state index is 13.2. The summed E-state index contributed by atoms with van der Waals surface area (Å²) in [7, 11) is 1.58. The van der Waals surface area contributed by atoms with Crippen molar-refractivity contribution in [2.75, 3.05) is 13.7 Å². The van der Waals surface area contributed by atoms with E-state index in [0.717, 1.165) is 29.1 Å². The Balaban J connectivity index is 1.73. The highest BCUT2D eigenvalue weighted by Gasteiger charge is 2.16. The predicted molar refractivity (Wildman–Crippen MR) is 119 cm³/mol. The van der Waals surface area contributed by atoms with Gasteiger partial charge in [0.15, 0.2) is 11.5 Å². The molecule has 31 heavy (non-hydrogen) atoms. The van der Waals surface area contributed by atoms with Crippen LogP contribution in [0.4, 0.5) is 4.39 Å². The molecule has 2 aromatic carbocycles. The minimum absolute atomic E-state index is 0.305. The lowest BCUT2D eigenvalue weighted by atomic mass is 10.2. The molecule has 0 aliphatic heterocycles. The van der Waals surface area contributed by atoms with E-state index in [1.807, 2.05) is 37.5 Å². The van der Waals surface area contributed by atoms with Crippen LogP contribution >= 0.6 is 0 Å². The van der Waals surface area contributed by atoms with Crippen LogP contribution < -0.4 is 14.9 Å². The zero-order valence-electron chi connectivity index (χ0n) is 18.1. The molecular formula is C24H26FN3O3. The van der Waals surface area contributed by atoms with Crippen LogP contribution in [0.5, 0.6) is 11.5 Å². The Kier molecular flexibility index (Phi) is 7.07. The van der Waals surface area contributed by atoms with E-state index in [2.05, 4.69) is 10.5 Å². The molecule has 1 aromatic heterocycles. The molecule has 0 aliphatic rings.